The SMILES string of the molecule is CC(C)=CCCC(C)=CCSc1nc2ccc(C(F)(F)F)cc2[nH]1. The van der Waals surface area contributed by atoms with Crippen LogP contribution in [0.3, 0.4) is 0 Å². The smallest absolute Gasteiger partial charge is 0.333 e. The zero-order chi connectivity index (χ0) is 17.7. The maximum absolute atomic E-state index is 12.7. The number of aromatic nitrogens is 2. The quantitative estimate of drug-likeness (QED) is 0.482. The lowest BCUT2D eigenvalue weighted by molar-refractivity contribution is -0.137. The molecule has 0 atom stereocenters. The zero-order valence-corrected chi connectivity index (χ0v) is 14.8. The molecule has 0 bridgehead atoms. The molecule has 0 aliphatic heterocycles. The molecule has 1 aromatic carbocycles. The average molecular weight is 354 g/mol. The van der Waals surface area contributed by atoms with E-state index in [9.17, 15) is 13.2 Å². The van der Waals surface area contributed by atoms with Gasteiger partial charge in [-0.1, -0.05) is 35.1 Å². The number of fused-ring (bicyclic) bond motifs is 1. The molecule has 130 valence electrons. The molecule has 0 saturated carbocycles. The highest BCUT2D eigenvalue weighted by molar-refractivity contribution is 7.99. The molecule has 0 aliphatic rings. The van der Waals surface area contributed by atoms with Crippen molar-refractivity contribution in [3.63, 3.8) is 0 Å². The van der Waals surface area contributed by atoms with Crippen LogP contribution >= 0.6 is 11.8 Å². The van der Waals surface area contributed by atoms with E-state index in [-0.39, 0.29) is 0 Å². The summed E-state index contributed by atoms with van der Waals surface area (Å²) in [6.45, 7) is 6.26. The molecule has 0 spiro atoms. The summed E-state index contributed by atoms with van der Waals surface area (Å²) < 4.78 is 38.1. The maximum atomic E-state index is 12.7. The minimum atomic E-state index is -4.34. The van der Waals surface area contributed by atoms with E-state index in [0.29, 0.717) is 16.2 Å². The molecule has 0 saturated heterocycles. The van der Waals surface area contributed by atoms with Crippen LogP contribution < -0.4 is 0 Å². The summed E-state index contributed by atoms with van der Waals surface area (Å²) in [5, 5.41) is 0.637. The molecular weight excluding hydrogens is 333 g/mol. The first kappa shape index (κ1) is 18.6. The summed E-state index contributed by atoms with van der Waals surface area (Å²) in [7, 11) is 0. The molecule has 0 fully saturated rings. The Morgan fingerprint density at radius 2 is 1.96 bits per heavy atom. The van der Waals surface area contributed by atoms with Gasteiger partial charge in [0.15, 0.2) is 5.16 Å². The van der Waals surface area contributed by atoms with E-state index < -0.39 is 11.7 Å². The molecule has 0 unspecified atom stereocenters. The van der Waals surface area contributed by atoms with Crippen LogP contribution in [-0.4, -0.2) is 15.7 Å². The van der Waals surface area contributed by atoms with Crippen molar-refractivity contribution in [1.82, 2.24) is 9.97 Å². The minimum Gasteiger partial charge on any atom is -0.333 e. The van der Waals surface area contributed by atoms with Crippen molar-refractivity contribution in [1.29, 1.82) is 0 Å². The first-order valence-corrected chi connectivity index (χ1v) is 8.73. The summed E-state index contributed by atoms with van der Waals surface area (Å²) in [6, 6.07) is 3.57. The molecule has 0 amide bonds. The number of aromatic amines is 1. The largest absolute Gasteiger partial charge is 0.416 e. The Morgan fingerprint density at radius 3 is 2.62 bits per heavy atom. The second-order valence-corrected chi connectivity index (χ2v) is 6.96. The van der Waals surface area contributed by atoms with Gasteiger partial charge in [0.2, 0.25) is 0 Å². The number of H-pyrrole nitrogens is 1. The predicted octanol–water partition coefficient (Wildman–Crippen LogP) is 6.37. The number of nitrogens with zero attached hydrogens (tertiary/aromatic N) is 1. The van der Waals surface area contributed by atoms with Gasteiger partial charge >= 0.3 is 6.18 Å². The highest BCUT2D eigenvalue weighted by atomic mass is 32.2. The lowest BCUT2D eigenvalue weighted by Crippen LogP contribution is -2.04. The highest BCUT2D eigenvalue weighted by Crippen LogP contribution is 2.31. The van der Waals surface area contributed by atoms with Gasteiger partial charge in [0.25, 0.3) is 0 Å². The Kier molecular flexibility index (Phi) is 6.15. The number of allylic oxidation sites excluding steroid dienone is 3. The molecule has 0 aliphatic carbocycles. The van der Waals surface area contributed by atoms with Gasteiger partial charge in [-0.3, -0.25) is 0 Å². The summed E-state index contributed by atoms with van der Waals surface area (Å²) >= 11 is 1.49. The number of alkyl halides is 3. The normalized spacial score (nSPS) is 12.7. The topological polar surface area (TPSA) is 28.7 Å². The van der Waals surface area contributed by atoms with E-state index >= 15 is 0 Å². The highest BCUT2D eigenvalue weighted by Gasteiger charge is 2.30. The standard InChI is InChI=1S/C18H21F3N2S/c1-12(2)5-4-6-13(3)9-10-24-17-22-15-8-7-14(18(19,20)21)11-16(15)23-17/h5,7-9,11H,4,6,10H2,1-3H3,(H,22,23). The molecule has 1 aromatic heterocycles. The van der Waals surface area contributed by atoms with Crippen LogP contribution in [0.2, 0.25) is 0 Å². The zero-order valence-electron chi connectivity index (χ0n) is 14.0. The Balaban J connectivity index is 1.97. The molecule has 2 aromatic rings. The van der Waals surface area contributed by atoms with E-state index in [0.717, 1.165) is 30.7 Å². The fourth-order valence-corrected chi connectivity index (χ4v) is 3.06. The van der Waals surface area contributed by atoms with Crippen molar-refractivity contribution in [2.45, 2.75) is 44.9 Å². The van der Waals surface area contributed by atoms with Gasteiger partial charge in [-0.05, 0) is 51.8 Å². The Bertz CT molecular complexity index is 753. The summed E-state index contributed by atoms with van der Waals surface area (Å²) in [4.78, 5) is 7.27. The molecule has 2 nitrogen and oxygen atoms in total. The molecule has 1 heterocycles. The van der Waals surface area contributed by atoms with Gasteiger partial charge < -0.3 is 4.98 Å². The first-order chi connectivity index (χ1) is 11.3. The van der Waals surface area contributed by atoms with E-state index in [2.05, 4.69) is 42.9 Å². The number of imidazole rings is 1. The first-order valence-electron chi connectivity index (χ1n) is 7.74. The van der Waals surface area contributed by atoms with Crippen molar-refractivity contribution >= 4 is 22.8 Å². The van der Waals surface area contributed by atoms with E-state index in [4.69, 9.17) is 0 Å². The Morgan fingerprint density at radius 1 is 1.21 bits per heavy atom. The van der Waals surface area contributed by atoms with Crippen LogP contribution in [0.4, 0.5) is 13.2 Å². The number of nitrogens with one attached hydrogen (secondary N) is 1. The molecular formula is C18H21F3N2S. The van der Waals surface area contributed by atoms with E-state index in [1.807, 2.05) is 0 Å². The third-order valence-electron chi connectivity index (χ3n) is 3.53. The minimum absolute atomic E-state index is 0.414. The third kappa shape index (κ3) is 5.44. The summed E-state index contributed by atoms with van der Waals surface area (Å²) in [5.74, 6) is 0.743. The maximum Gasteiger partial charge on any atom is 0.416 e. The lowest BCUT2D eigenvalue weighted by atomic mass is 10.1. The van der Waals surface area contributed by atoms with Gasteiger partial charge in [0.1, 0.15) is 0 Å². The Hall–Kier alpha value is -1.69. The van der Waals surface area contributed by atoms with Crippen LogP contribution in [0.25, 0.3) is 11.0 Å². The van der Waals surface area contributed by atoms with Crippen molar-refractivity contribution in [2.75, 3.05) is 5.75 Å². The van der Waals surface area contributed by atoms with Gasteiger partial charge in [-0.25, -0.2) is 4.98 Å². The van der Waals surface area contributed by atoms with Crippen molar-refractivity contribution < 1.29 is 13.2 Å². The number of benzene rings is 1. The fraction of sp³-hybridized carbons (Fsp3) is 0.389. The van der Waals surface area contributed by atoms with Crippen LogP contribution in [-0.2, 0) is 6.18 Å². The van der Waals surface area contributed by atoms with Crippen LogP contribution in [0.15, 0.2) is 46.7 Å². The number of thioether (sulfide) groups is 1. The lowest BCUT2D eigenvalue weighted by Gasteiger charge is -2.05. The molecule has 2 rings (SSSR count). The summed E-state index contributed by atoms with van der Waals surface area (Å²) in [5.41, 5.74) is 2.92. The molecule has 24 heavy (non-hydrogen) atoms. The summed E-state index contributed by atoms with van der Waals surface area (Å²) in [6.07, 6.45) is 2.05. The van der Waals surface area contributed by atoms with Gasteiger partial charge in [0.05, 0.1) is 16.6 Å². The fourth-order valence-electron chi connectivity index (χ4n) is 2.18. The average Bonchev–Trinajstić information content (AvgIpc) is 2.87. The second-order valence-electron chi connectivity index (χ2n) is 5.95. The molecule has 6 heteroatoms. The Labute approximate surface area is 144 Å². The molecule has 0 radical (unpaired) electrons. The monoisotopic (exact) mass is 354 g/mol. The van der Waals surface area contributed by atoms with E-state index in [1.165, 1.54) is 29.0 Å². The van der Waals surface area contributed by atoms with Gasteiger partial charge in [-0.15, -0.1) is 0 Å². The van der Waals surface area contributed by atoms with Crippen molar-refractivity contribution in [3.8, 4) is 0 Å². The van der Waals surface area contributed by atoms with Crippen LogP contribution in [0, 0.1) is 0 Å². The number of hydrogen-bond acceptors (Lipinski definition) is 2. The van der Waals surface area contributed by atoms with Gasteiger partial charge in [-0.2, -0.15) is 13.2 Å². The van der Waals surface area contributed by atoms with Crippen LogP contribution in [0.5, 0.6) is 0 Å². The van der Waals surface area contributed by atoms with Crippen molar-refractivity contribution in [2.24, 2.45) is 0 Å². The molecule has 1 N–H and O–H groups in total. The number of hydrogen-bond donors (Lipinski definition) is 1. The number of halogens is 3. The van der Waals surface area contributed by atoms with Gasteiger partial charge in [0, 0.05) is 5.75 Å². The van der Waals surface area contributed by atoms with E-state index in [1.54, 1.807) is 0 Å². The van der Waals surface area contributed by atoms with Crippen LogP contribution in [0.1, 0.15) is 39.2 Å². The second kappa shape index (κ2) is 7.92. The van der Waals surface area contributed by atoms with Crippen molar-refractivity contribution in [3.05, 3.63) is 47.1 Å². The third-order valence-corrected chi connectivity index (χ3v) is 4.33. The predicted molar refractivity (Wildman–Crippen MR) is 94.2 cm³/mol. The number of rotatable bonds is 6.